The maximum absolute atomic E-state index is 13.0. The van der Waals surface area contributed by atoms with Gasteiger partial charge >= 0.3 is 6.03 Å². The Balaban J connectivity index is 2.49. The number of benzene rings is 1. The molecule has 5 nitrogen and oxygen atoms in total. The number of nitrogens with zero attached hydrogens (tertiary/aromatic N) is 1. The van der Waals surface area contributed by atoms with Crippen LogP contribution >= 0.6 is 10.5 Å². The first-order valence-corrected chi connectivity index (χ1v) is 8.05. The lowest BCUT2D eigenvalue weighted by Crippen LogP contribution is -2.59. The molecule has 4 amide bonds. The van der Waals surface area contributed by atoms with E-state index in [1.165, 1.54) is 12.1 Å². The monoisotopic (exact) mass is 310 g/mol. The third kappa shape index (κ3) is 2.87. The highest BCUT2D eigenvalue weighted by atomic mass is 32.2. The van der Waals surface area contributed by atoms with Crippen molar-refractivity contribution >= 4 is 38.9 Å². The summed E-state index contributed by atoms with van der Waals surface area (Å²) in [5.41, 5.74) is 0.236. The predicted octanol–water partition coefficient (Wildman–Crippen LogP) is 1.89. The lowest BCUT2D eigenvalue weighted by Gasteiger charge is -2.27. The van der Waals surface area contributed by atoms with Crippen molar-refractivity contribution < 1.29 is 18.8 Å². The number of anilines is 1. The number of imide groups is 2. The van der Waals surface area contributed by atoms with Crippen LogP contribution in [-0.2, 0) is 9.59 Å². The Morgan fingerprint density at radius 3 is 2.19 bits per heavy atom. The average Bonchev–Trinajstić information content (AvgIpc) is 2.45. The van der Waals surface area contributed by atoms with Crippen LogP contribution in [0, 0.1) is 5.82 Å². The van der Waals surface area contributed by atoms with Crippen LogP contribution in [0.5, 0.6) is 0 Å². The van der Waals surface area contributed by atoms with Gasteiger partial charge in [-0.1, -0.05) is 13.8 Å². The molecule has 21 heavy (non-hydrogen) atoms. The van der Waals surface area contributed by atoms with E-state index in [-0.39, 0.29) is 10.6 Å². The Kier molecular flexibility index (Phi) is 4.52. The second-order valence-corrected chi connectivity index (χ2v) is 6.82. The van der Waals surface area contributed by atoms with Gasteiger partial charge < -0.3 is 0 Å². The number of nitrogens with one attached hydrogen (secondary N) is 1. The molecule has 0 atom stereocenters. The van der Waals surface area contributed by atoms with Gasteiger partial charge in [-0.05, 0) is 35.8 Å². The predicted molar refractivity (Wildman–Crippen MR) is 81.1 cm³/mol. The number of carbonyl (C=O) groups is 3. The van der Waals surface area contributed by atoms with E-state index in [0.29, 0.717) is 11.5 Å². The van der Waals surface area contributed by atoms with Crippen molar-refractivity contribution in [1.29, 1.82) is 0 Å². The Morgan fingerprint density at radius 2 is 1.67 bits per heavy atom. The van der Waals surface area contributed by atoms with E-state index in [2.05, 4.69) is 5.32 Å². The smallest absolute Gasteiger partial charge is 0.273 e. The van der Waals surface area contributed by atoms with Crippen LogP contribution in [0.3, 0.4) is 0 Å². The first-order valence-electron chi connectivity index (χ1n) is 6.49. The SMILES string of the molecule is CCS(CC)=C1C(=O)NC(=O)N(c2ccc(F)cc2)C1=O. The van der Waals surface area contributed by atoms with E-state index >= 15 is 0 Å². The Bertz CT molecular complexity index is 634. The summed E-state index contributed by atoms with van der Waals surface area (Å²) in [5, 5.41) is 2.18. The Hall–Kier alpha value is -2.02. The van der Waals surface area contributed by atoms with Gasteiger partial charge in [-0.25, -0.2) is 14.1 Å². The molecule has 0 bridgehead atoms. The summed E-state index contributed by atoms with van der Waals surface area (Å²) in [6, 6.07) is 4.17. The Labute approximate surface area is 124 Å². The highest BCUT2D eigenvalue weighted by Crippen LogP contribution is 2.22. The molecule has 0 aliphatic carbocycles. The van der Waals surface area contributed by atoms with Crippen molar-refractivity contribution in [2.24, 2.45) is 0 Å². The van der Waals surface area contributed by atoms with Gasteiger partial charge in [0.05, 0.1) is 5.69 Å². The van der Waals surface area contributed by atoms with Crippen molar-refractivity contribution in [2.45, 2.75) is 13.8 Å². The highest BCUT2D eigenvalue weighted by molar-refractivity contribution is 8.18. The minimum Gasteiger partial charge on any atom is -0.273 e. The van der Waals surface area contributed by atoms with Crippen molar-refractivity contribution in [2.75, 3.05) is 16.4 Å². The van der Waals surface area contributed by atoms with E-state index in [9.17, 15) is 18.8 Å². The molecule has 1 N–H and O–H groups in total. The molecular weight excluding hydrogens is 295 g/mol. The topological polar surface area (TPSA) is 66.5 Å². The summed E-state index contributed by atoms with van der Waals surface area (Å²) in [4.78, 5) is 37.3. The highest BCUT2D eigenvalue weighted by Gasteiger charge is 2.38. The number of rotatable bonds is 3. The lowest BCUT2D eigenvalue weighted by atomic mass is 10.2. The fourth-order valence-corrected chi connectivity index (χ4v) is 3.71. The third-order valence-corrected chi connectivity index (χ3v) is 5.43. The number of urea groups is 1. The zero-order valence-electron chi connectivity index (χ0n) is 11.7. The second-order valence-electron chi connectivity index (χ2n) is 4.28. The average molecular weight is 310 g/mol. The Morgan fingerprint density at radius 1 is 1.10 bits per heavy atom. The van der Waals surface area contributed by atoms with Crippen molar-refractivity contribution in [3.63, 3.8) is 0 Å². The molecule has 0 saturated carbocycles. The molecule has 1 aromatic carbocycles. The summed E-state index contributed by atoms with van der Waals surface area (Å²) in [6.45, 7) is 3.78. The first kappa shape index (κ1) is 15.4. The van der Waals surface area contributed by atoms with Crippen LogP contribution in [0.4, 0.5) is 14.9 Å². The largest absolute Gasteiger partial charge is 0.335 e. The van der Waals surface area contributed by atoms with E-state index in [0.717, 1.165) is 17.0 Å². The zero-order chi connectivity index (χ0) is 15.6. The molecule has 1 fully saturated rings. The summed E-state index contributed by atoms with van der Waals surface area (Å²) < 4.78 is 13.0. The number of amides is 4. The van der Waals surface area contributed by atoms with Crippen LogP contribution in [0.15, 0.2) is 24.3 Å². The summed E-state index contributed by atoms with van der Waals surface area (Å²) in [7, 11) is -0.512. The van der Waals surface area contributed by atoms with Crippen LogP contribution in [0.25, 0.3) is 0 Å². The maximum atomic E-state index is 13.0. The van der Waals surface area contributed by atoms with Gasteiger partial charge in [-0.15, -0.1) is 0 Å². The third-order valence-electron chi connectivity index (χ3n) is 3.10. The molecule has 1 aromatic rings. The van der Waals surface area contributed by atoms with Crippen molar-refractivity contribution in [1.82, 2.24) is 5.32 Å². The standard InChI is InChI=1S/C14H15FN2O3S/c1-3-21(4-2)11-12(18)16-14(20)17(13(11)19)10-7-5-9(15)6-8-10/h5-8H,3-4H2,1-2H3,(H,16,18,20). The first-order chi connectivity index (χ1) is 9.99. The summed E-state index contributed by atoms with van der Waals surface area (Å²) >= 11 is 0. The summed E-state index contributed by atoms with van der Waals surface area (Å²) in [6.07, 6.45) is 0. The normalized spacial score (nSPS) is 15.7. The quantitative estimate of drug-likeness (QED) is 0.867. The van der Waals surface area contributed by atoms with Crippen LogP contribution < -0.4 is 10.2 Å². The summed E-state index contributed by atoms with van der Waals surface area (Å²) in [5.74, 6) is -0.420. The van der Waals surface area contributed by atoms with Crippen molar-refractivity contribution in [3.8, 4) is 0 Å². The van der Waals surface area contributed by atoms with Crippen molar-refractivity contribution in [3.05, 3.63) is 30.1 Å². The van der Waals surface area contributed by atoms with Gasteiger partial charge in [-0.3, -0.25) is 14.9 Å². The zero-order valence-corrected chi connectivity index (χ0v) is 12.5. The number of hydrogen-bond donors (Lipinski definition) is 1. The molecule has 0 unspecified atom stereocenters. The number of hydrogen-bond acceptors (Lipinski definition) is 3. The number of barbiturate groups is 1. The molecule has 1 aliphatic rings. The van der Waals surface area contributed by atoms with E-state index in [1.54, 1.807) is 0 Å². The van der Waals surface area contributed by atoms with Gasteiger partial charge in [0.1, 0.15) is 10.7 Å². The van der Waals surface area contributed by atoms with E-state index in [1.807, 2.05) is 13.8 Å². The van der Waals surface area contributed by atoms with Gasteiger partial charge in [0.15, 0.2) is 0 Å². The molecule has 0 radical (unpaired) electrons. The molecule has 0 aromatic heterocycles. The lowest BCUT2D eigenvalue weighted by molar-refractivity contribution is -0.117. The molecule has 0 spiro atoms. The molecule has 1 saturated heterocycles. The van der Waals surface area contributed by atoms with Crippen LogP contribution in [-0.4, -0.2) is 34.2 Å². The maximum Gasteiger partial charge on any atom is 0.335 e. The van der Waals surface area contributed by atoms with Gasteiger partial charge in [-0.2, -0.15) is 10.5 Å². The van der Waals surface area contributed by atoms with Gasteiger partial charge in [0, 0.05) is 0 Å². The molecule has 112 valence electrons. The fraction of sp³-hybridized carbons (Fsp3) is 0.286. The van der Waals surface area contributed by atoms with Gasteiger partial charge in [0.2, 0.25) is 0 Å². The van der Waals surface area contributed by atoms with Crippen LogP contribution in [0.2, 0.25) is 0 Å². The molecule has 7 heteroatoms. The second kappa shape index (κ2) is 6.17. The minimum absolute atomic E-state index is 0.101. The molecule has 2 rings (SSSR count). The number of halogens is 1. The van der Waals surface area contributed by atoms with E-state index < -0.39 is 34.1 Å². The molecular formula is C14H15FN2O3S. The molecule has 1 aliphatic heterocycles. The molecule has 1 heterocycles. The number of carbonyl (C=O) groups excluding carboxylic acids is 3. The van der Waals surface area contributed by atoms with Crippen LogP contribution in [0.1, 0.15) is 13.8 Å². The minimum atomic E-state index is -0.809. The van der Waals surface area contributed by atoms with Gasteiger partial charge in [0.25, 0.3) is 11.8 Å². The van der Waals surface area contributed by atoms with E-state index in [4.69, 9.17) is 0 Å². The fourth-order valence-electron chi connectivity index (χ4n) is 2.07.